The van der Waals surface area contributed by atoms with E-state index in [0.29, 0.717) is 6.42 Å². The molecule has 0 aliphatic heterocycles. The first-order chi connectivity index (χ1) is 9.14. The molecule has 0 amide bonds. The largest absolute Gasteiger partial charge is 0.496 e. The van der Waals surface area contributed by atoms with Crippen molar-refractivity contribution >= 4 is 5.78 Å². The molecule has 0 N–H and O–H groups in total. The highest BCUT2D eigenvalue weighted by molar-refractivity contribution is 5.98. The summed E-state index contributed by atoms with van der Waals surface area (Å²) in [6.45, 7) is 8.29. The SMILES string of the molecule is COc1cc(F)c(F)cc1C(=O)CC(C)CC(C)(C)C. The van der Waals surface area contributed by atoms with Crippen LogP contribution in [-0.4, -0.2) is 12.9 Å². The summed E-state index contributed by atoms with van der Waals surface area (Å²) in [5.41, 5.74) is 0.227. The van der Waals surface area contributed by atoms with Crippen LogP contribution in [0.15, 0.2) is 12.1 Å². The van der Waals surface area contributed by atoms with E-state index in [-0.39, 0.29) is 28.4 Å². The molecule has 4 heteroatoms. The maximum Gasteiger partial charge on any atom is 0.166 e. The fraction of sp³-hybridized carbons (Fsp3) is 0.562. The van der Waals surface area contributed by atoms with Gasteiger partial charge in [0.05, 0.1) is 12.7 Å². The van der Waals surface area contributed by atoms with E-state index in [9.17, 15) is 13.6 Å². The Morgan fingerprint density at radius 1 is 1.25 bits per heavy atom. The van der Waals surface area contributed by atoms with Crippen LogP contribution >= 0.6 is 0 Å². The normalized spacial score (nSPS) is 13.2. The molecule has 1 aromatic carbocycles. The van der Waals surface area contributed by atoms with Gasteiger partial charge in [-0.05, 0) is 23.8 Å². The molecular weight excluding hydrogens is 262 g/mol. The molecule has 0 heterocycles. The molecule has 0 aliphatic carbocycles. The van der Waals surface area contributed by atoms with E-state index in [0.717, 1.165) is 18.6 Å². The Labute approximate surface area is 119 Å². The van der Waals surface area contributed by atoms with Gasteiger partial charge in [0, 0.05) is 12.5 Å². The number of rotatable bonds is 5. The minimum absolute atomic E-state index is 0.0804. The third-order valence-corrected chi connectivity index (χ3v) is 3.04. The van der Waals surface area contributed by atoms with Gasteiger partial charge in [-0.2, -0.15) is 0 Å². The van der Waals surface area contributed by atoms with E-state index in [1.165, 1.54) is 7.11 Å². The summed E-state index contributed by atoms with van der Waals surface area (Å²) in [6.07, 6.45) is 1.17. The predicted octanol–water partition coefficient (Wildman–Crippen LogP) is 4.62. The molecule has 0 saturated heterocycles. The van der Waals surface area contributed by atoms with E-state index in [2.05, 4.69) is 20.8 Å². The Morgan fingerprint density at radius 3 is 2.30 bits per heavy atom. The molecule has 1 rings (SSSR count). The molecule has 20 heavy (non-hydrogen) atoms. The number of hydrogen-bond acceptors (Lipinski definition) is 2. The topological polar surface area (TPSA) is 26.3 Å². The lowest BCUT2D eigenvalue weighted by Gasteiger charge is -2.23. The Hall–Kier alpha value is -1.45. The number of carbonyl (C=O) groups excluding carboxylic acids is 1. The number of Topliss-reactive ketones (excluding diaryl/α,β-unsaturated/α-hetero) is 1. The van der Waals surface area contributed by atoms with E-state index < -0.39 is 11.6 Å². The molecule has 1 aromatic rings. The fourth-order valence-electron chi connectivity index (χ4n) is 2.46. The monoisotopic (exact) mass is 284 g/mol. The zero-order valence-electron chi connectivity index (χ0n) is 12.7. The van der Waals surface area contributed by atoms with Gasteiger partial charge < -0.3 is 4.74 Å². The van der Waals surface area contributed by atoms with Gasteiger partial charge in [-0.1, -0.05) is 27.7 Å². The molecular formula is C16H22F2O2. The quantitative estimate of drug-likeness (QED) is 0.737. The highest BCUT2D eigenvalue weighted by Gasteiger charge is 2.21. The van der Waals surface area contributed by atoms with E-state index in [4.69, 9.17) is 4.74 Å². The molecule has 0 fully saturated rings. The summed E-state index contributed by atoms with van der Waals surface area (Å²) in [5.74, 6) is -2.02. The van der Waals surface area contributed by atoms with Crippen LogP contribution in [0.25, 0.3) is 0 Å². The number of methoxy groups -OCH3 is 1. The summed E-state index contributed by atoms with van der Waals surface area (Å²) in [6, 6.07) is 1.83. The van der Waals surface area contributed by atoms with E-state index in [1.54, 1.807) is 0 Å². The van der Waals surface area contributed by atoms with Gasteiger partial charge >= 0.3 is 0 Å². The lowest BCUT2D eigenvalue weighted by Crippen LogP contribution is -2.15. The summed E-state index contributed by atoms with van der Waals surface area (Å²) in [4.78, 5) is 12.2. The number of benzene rings is 1. The van der Waals surface area contributed by atoms with E-state index >= 15 is 0 Å². The van der Waals surface area contributed by atoms with Crippen molar-refractivity contribution in [3.8, 4) is 5.75 Å². The average molecular weight is 284 g/mol. The summed E-state index contributed by atoms with van der Waals surface area (Å²) >= 11 is 0. The maximum atomic E-state index is 13.3. The molecule has 0 spiro atoms. The maximum absolute atomic E-state index is 13.3. The highest BCUT2D eigenvalue weighted by atomic mass is 19.2. The first-order valence-electron chi connectivity index (χ1n) is 6.70. The third-order valence-electron chi connectivity index (χ3n) is 3.04. The number of ketones is 1. The van der Waals surface area contributed by atoms with Crippen molar-refractivity contribution in [3.63, 3.8) is 0 Å². The van der Waals surface area contributed by atoms with Crippen molar-refractivity contribution in [2.75, 3.05) is 7.11 Å². The Bertz CT molecular complexity index is 490. The van der Waals surface area contributed by atoms with Crippen LogP contribution in [0.3, 0.4) is 0 Å². The van der Waals surface area contributed by atoms with Crippen LogP contribution in [0.2, 0.25) is 0 Å². The zero-order chi connectivity index (χ0) is 15.5. The lowest BCUT2D eigenvalue weighted by molar-refractivity contribution is 0.0950. The Kier molecular flexibility index (Phi) is 5.26. The zero-order valence-corrected chi connectivity index (χ0v) is 12.7. The van der Waals surface area contributed by atoms with Gasteiger partial charge in [0.25, 0.3) is 0 Å². The van der Waals surface area contributed by atoms with Crippen molar-refractivity contribution in [1.29, 1.82) is 0 Å². The fourth-order valence-corrected chi connectivity index (χ4v) is 2.46. The van der Waals surface area contributed by atoms with Crippen molar-refractivity contribution in [3.05, 3.63) is 29.3 Å². The summed E-state index contributed by atoms with van der Waals surface area (Å²) in [5, 5.41) is 0. The van der Waals surface area contributed by atoms with Crippen LogP contribution in [0, 0.1) is 23.0 Å². The van der Waals surface area contributed by atoms with Crippen LogP contribution < -0.4 is 4.74 Å². The van der Waals surface area contributed by atoms with Gasteiger partial charge in [-0.3, -0.25) is 4.79 Å². The standard InChI is InChI=1S/C16H22F2O2/c1-10(9-16(2,3)4)6-14(19)11-7-12(17)13(18)8-15(11)20-5/h7-8,10H,6,9H2,1-5H3. The van der Waals surface area contributed by atoms with Crippen LogP contribution in [0.1, 0.15) is 50.9 Å². The van der Waals surface area contributed by atoms with Crippen molar-refractivity contribution in [2.24, 2.45) is 11.3 Å². The second-order valence-electron chi connectivity index (χ2n) is 6.46. The average Bonchev–Trinajstić information content (AvgIpc) is 2.29. The number of hydrogen-bond donors (Lipinski definition) is 0. The predicted molar refractivity (Wildman–Crippen MR) is 75.1 cm³/mol. The van der Waals surface area contributed by atoms with Gasteiger partial charge in [0.15, 0.2) is 17.4 Å². The minimum Gasteiger partial charge on any atom is -0.496 e. The molecule has 0 radical (unpaired) electrons. The van der Waals surface area contributed by atoms with Crippen LogP contribution in [-0.2, 0) is 0 Å². The molecule has 0 aromatic heterocycles. The second-order valence-corrected chi connectivity index (χ2v) is 6.46. The van der Waals surface area contributed by atoms with Gasteiger partial charge in [0.2, 0.25) is 0 Å². The van der Waals surface area contributed by atoms with Crippen molar-refractivity contribution in [1.82, 2.24) is 0 Å². The van der Waals surface area contributed by atoms with Gasteiger partial charge in [0.1, 0.15) is 5.75 Å². The summed E-state index contributed by atoms with van der Waals surface area (Å²) in [7, 11) is 1.34. The molecule has 112 valence electrons. The molecule has 1 unspecified atom stereocenters. The van der Waals surface area contributed by atoms with Crippen LogP contribution in [0.5, 0.6) is 5.75 Å². The Morgan fingerprint density at radius 2 is 1.80 bits per heavy atom. The minimum atomic E-state index is -1.03. The van der Waals surface area contributed by atoms with Gasteiger partial charge in [-0.15, -0.1) is 0 Å². The molecule has 0 aliphatic rings. The molecule has 0 saturated carbocycles. The number of halogens is 2. The number of carbonyl (C=O) groups is 1. The Balaban J connectivity index is 2.90. The molecule has 2 nitrogen and oxygen atoms in total. The van der Waals surface area contributed by atoms with E-state index in [1.807, 2.05) is 6.92 Å². The third kappa shape index (κ3) is 4.58. The molecule has 0 bridgehead atoms. The smallest absolute Gasteiger partial charge is 0.166 e. The first-order valence-corrected chi connectivity index (χ1v) is 6.70. The first kappa shape index (κ1) is 16.6. The highest BCUT2D eigenvalue weighted by Crippen LogP contribution is 2.29. The number of ether oxygens (including phenoxy) is 1. The summed E-state index contributed by atoms with van der Waals surface area (Å²) < 4.78 is 31.4. The van der Waals surface area contributed by atoms with Gasteiger partial charge in [-0.25, -0.2) is 8.78 Å². The second kappa shape index (κ2) is 6.33. The van der Waals surface area contributed by atoms with Crippen LogP contribution in [0.4, 0.5) is 8.78 Å². The van der Waals surface area contributed by atoms with Crippen molar-refractivity contribution < 1.29 is 18.3 Å². The molecule has 1 atom stereocenters. The van der Waals surface area contributed by atoms with Crippen molar-refractivity contribution in [2.45, 2.75) is 40.5 Å². The lowest BCUT2D eigenvalue weighted by atomic mass is 9.83.